The van der Waals surface area contributed by atoms with Crippen LogP contribution >= 0.6 is 15.9 Å². The van der Waals surface area contributed by atoms with Gasteiger partial charge in [-0.15, -0.1) is 0 Å². The van der Waals surface area contributed by atoms with Crippen molar-refractivity contribution in [2.75, 3.05) is 13.2 Å². The summed E-state index contributed by atoms with van der Waals surface area (Å²) >= 11 is 3.46. The highest BCUT2D eigenvalue weighted by Gasteiger charge is 2.31. The third-order valence-electron chi connectivity index (χ3n) is 1.18. The first kappa shape index (κ1) is 7.51. The molecule has 1 rings (SSSR count). The predicted octanol–water partition coefficient (Wildman–Crippen LogP) is 1.53. The summed E-state index contributed by atoms with van der Waals surface area (Å²) in [5.74, 6) is 0. The average molecular weight is 195 g/mol. The Morgan fingerprint density at radius 2 is 1.78 bits per heavy atom. The van der Waals surface area contributed by atoms with Gasteiger partial charge in [0, 0.05) is 0 Å². The molecule has 0 aliphatic carbocycles. The topological polar surface area (TPSA) is 18.5 Å². The van der Waals surface area contributed by atoms with Crippen LogP contribution in [-0.4, -0.2) is 23.8 Å². The summed E-state index contributed by atoms with van der Waals surface area (Å²) in [6, 6.07) is 0. The molecule has 0 amide bonds. The molecule has 0 unspecified atom stereocenters. The normalized spacial score (nSPS) is 23.0. The molecular formula is C6H11BrO2. The molecule has 1 heterocycles. The van der Waals surface area contributed by atoms with E-state index >= 15 is 0 Å². The minimum atomic E-state index is -0.0718. The van der Waals surface area contributed by atoms with Crippen LogP contribution in [0.25, 0.3) is 0 Å². The summed E-state index contributed by atoms with van der Waals surface area (Å²) in [4.78, 5) is 0. The summed E-state index contributed by atoms with van der Waals surface area (Å²) in [6.07, 6.45) is -0.0718. The maximum Gasteiger partial charge on any atom is 0.172 e. The second kappa shape index (κ2) is 2.56. The summed E-state index contributed by atoms with van der Waals surface area (Å²) in [5, 5.41) is 0. The highest BCUT2D eigenvalue weighted by atomic mass is 79.9. The maximum atomic E-state index is 5.25. The Labute approximate surface area is 63.7 Å². The lowest BCUT2D eigenvalue weighted by Gasteiger charge is -2.22. The molecule has 0 aromatic carbocycles. The standard InChI is InChI=1S/C6H11BrO2/c1-6(2,7)5-8-3-4-9-5/h5H,3-4H2,1-2H3. The van der Waals surface area contributed by atoms with Crippen LogP contribution in [0.15, 0.2) is 0 Å². The Balaban J connectivity index is 2.42. The molecule has 9 heavy (non-hydrogen) atoms. The van der Waals surface area contributed by atoms with E-state index in [-0.39, 0.29) is 10.6 Å². The Morgan fingerprint density at radius 1 is 1.33 bits per heavy atom. The molecule has 0 N–H and O–H groups in total. The van der Waals surface area contributed by atoms with E-state index in [0.717, 1.165) is 13.2 Å². The van der Waals surface area contributed by atoms with Crippen molar-refractivity contribution in [1.82, 2.24) is 0 Å². The molecule has 54 valence electrons. The number of hydrogen-bond donors (Lipinski definition) is 0. The lowest BCUT2D eigenvalue weighted by atomic mass is 10.2. The number of hydrogen-bond acceptors (Lipinski definition) is 2. The molecule has 0 spiro atoms. The monoisotopic (exact) mass is 194 g/mol. The SMILES string of the molecule is CC(C)(Br)C1OCCO1. The van der Waals surface area contributed by atoms with Crippen molar-refractivity contribution in [3.63, 3.8) is 0 Å². The minimum absolute atomic E-state index is 0.0521. The van der Waals surface area contributed by atoms with E-state index in [1.165, 1.54) is 0 Å². The third-order valence-corrected chi connectivity index (χ3v) is 1.56. The Morgan fingerprint density at radius 3 is 2.00 bits per heavy atom. The summed E-state index contributed by atoms with van der Waals surface area (Å²) in [7, 11) is 0. The van der Waals surface area contributed by atoms with Crippen molar-refractivity contribution < 1.29 is 9.47 Å². The maximum absolute atomic E-state index is 5.25. The van der Waals surface area contributed by atoms with E-state index in [9.17, 15) is 0 Å². The van der Waals surface area contributed by atoms with Gasteiger partial charge in [0.05, 0.1) is 17.5 Å². The highest BCUT2D eigenvalue weighted by Crippen LogP contribution is 2.26. The Kier molecular flexibility index (Phi) is 2.14. The number of ether oxygens (including phenoxy) is 2. The van der Waals surface area contributed by atoms with Crippen LogP contribution in [0, 0.1) is 0 Å². The van der Waals surface area contributed by atoms with Gasteiger partial charge in [-0.25, -0.2) is 0 Å². The highest BCUT2D eigenvalue weighted by molar-refractivity contribution is 9.10. The lowest BCUT2D eigenvalue weighted by molar-refractivity contribution is -0.0594. The zero-order valence-electron chi connectivity index (χ0n) is 5.69. The fraction of sp³-hybridized carbons (Fsp3) is 1.00. The van der Waals surface area contributed by atoms with E-state index in [0.29, 0.717) is 0 Å². The minimum Gasteiger partial charge on any atom is -0.349 e. The lowest BCUT2D eigenvalue weighted by Crippen LogP contribution is -2.30. The molecule has 0 aromatic rings. The van der Waals surface area contributed by atoms with Gasteiger partial charge in [0.15, 0.2) is 6.29 Å². The molecule has 1 aliphatic rings. The second-order valence-corrected chi connectivity index (χ2v) is 4.68. The van der Waals surface area contributed by atoms with Crippen molar-refractivity contribution in [3.8, 4) is 0 Å². The van der Waals surface area contributed by atoms with Gasteiger partial charge in [0.25, 0.3) is 0 Å². The van der Waals surface area contributed by atoms with Crippen LogP contribution in [0.5, 0.6) is 0 Å². The fourth-order valence-corrected chi connectivity index (χ4v) is 1.02. The van der Waals surface area contributed by atoms with E-state index in [1.807, 2.05) is 13.8 Å². The smallest absolute Gasteiger partial charge is 0.172 e. The van der Waals surface area contributed by atoms with E-state index < -0.39 is 0 Å². The molecule has 3 heteroatoms. The van der Waals surface area contributed by atoms with Gasteiger partial charge >= 0.3 is 0 Å². The molecule has 0 atom stereocenters. The first-order valence-electron chi connectivity index (χ1n) is 3.03. The average Bonchev–Trinajstić information content (AvgIpc) is 2.08. The van der Waals surface area contributed by atoms with Crippen molar-refractivity contribution in [1.29, 1.82) is 0 Å². The van der Waals surface area contributed by atoms with Crippen LogP contribution in [0.1, 0.15) is 13.8 Å². The molecule has 0 aromatic heterocycles. The molecule has 2 nitrogen and oxygen atoms in total. The van der Waals surface area contributed by atoms with Gasteiger partial charge in [0.1, 0.15) is 0 Å². The first-order valence-corrected chi connectivity index (χ1v) is 3.82. The van der Waals surface area contributed by atoms with Crippen molar-refractivity contribution in [2.45, 2.75) is 24.5 Å². The molecule has 0 bridgehead atoms. The van der Waals surface area contributed by atoms with Gasteiger partial charge < -0.3 is 9.47 Å². The number of halogens is 1. The van der Waals surface area contributed by atoms with E-state index in [2.05, 4.69) is 15.9 Å². The van der Waals surface area contributed by atoms with Gasteiger partial charge in [-0.05, 0) is 13.8 Å². The molecule has 1 fully saturated rings. The van der Waals surface area contributed by atoms with Gasteiger partial charge in [0.2, 0.25) is 0 Å². The second-order valence-electron chi connectivity index (χ2n) is 2.64. The van der Waals surface area contributed by atoms with Crippen molar-refractivity contribution >= 4 is 15.9 Å². The van der Waals surface area contributed by atoms with Crippen LogP contribution < -0.4 is 0 Å². The molecule has 1 aliphatic heterocycles. The molecule has 0 saturated carbocycles. The van der Waals surface area contributed by atoms with Crippen molar-refractivity contribution in [2.24, 2.45) is 0 Å². The van der Waals surface area contributed by atoms with E-state index in [1.54, 1.807) is 0 Å². The van der Waals surface area contributed by atoms with Crippen molar-refractivity contribution in [3.05, 3.63) is 0 Å². The van der Waals surface area contributed by atoms with Crippen LogP contribution in [0.4, 0.5) is 0 Å². The number of rotatable bonds is 1. The summed E-state index contributed by atoms with van der Waals surface area (Å²) in [5.41, 5.74) is 0. The summed E-state index contributed by atoms with van der Waals surface area (Å²) in [6.45, 7) is 5.51. The molecule has 0 radical (unpaired) electrons. The van der Waals surface area contributed by atoms with Gasteiger partial charge in [-0.2, -0.15) is 0 Å². The fourth-order valence-electron chi connectivity index (χ4n) is 0.755. The predicted molar refractivity (Wildman–Crippen MR) is 38.7 cm³/mol. The zero-order chi connectivity index (χ0) is 6.91. The molecule has 1 saturated heterocycles. The summed E-state index contributed by atoms with van der Waals surface area (Å²) < 4.78 is 10.4. The van der Waals surface area contributed by atoms with E-state index in [4.69, 9.17) is 9.47 Å². The van der Waals surface area contributed by atoms with Crippen LogP contribution in [0.3, 0.4) is 0 Å². The van der Waals surface area contributed by atoms with Gasteiger partial charge in [-0.1, -0.05) is 15.9 Å². The largest absolute Gasteiger partial charge is 0.349 e. The Hall–Kier alpha value is 0.400. The van der Waals surface area contributed by atoms with Crippen LogP contribution in [-0.2, 0) is 9.47 Å². The Bertz CT molecular complexity index is 91.7. The van der Waals surface area contributed by atoms with Gasteiger partial charge in [-0.3, -0.25) is 0 Å². The first-order chi connectivity index (χ1) is 4.11. The number of alkyl halides is 1. The molecular weight excluding hydrogens is 184 g/mol. The third kappa shape index (κ3) is 1.92. The van der Waals surface area contributed by atoms with Crippen LogP contribution in [0.2, 0.25) is 0 Å². The quantitative estimate of drug-likeness (QED) is 0.590. The zero-order valence-corrected chi connectivity index (χ0v) is 7.27.